The molecule has 0 aromatic heterocycles. The van der Waals surface area contributed by atoms with Crippen molar-refractivity contribution >= 4 is 23.8 Å². The van der Waals surface area contributed by atoms with Crippen LogP contribution < -0.4 is 0 Å². The lowest BCUT2D eigenvalue weighted by Gasteiger charge is -2.32. The average molecular weight is 232 g/mol. The van der Waals surface area contributed by atoms with Crippen molar-refractivity contribution in [3.8, 4) is 0 Å². The van der Waals surface area contributed by atoms with Crippen molar-refractivity contribution in [2.45, 2.75) is 44.8 Å². The van der Waals surface area contributed by atoms with E-state index < -0.39 is 0 Å². The lowest BCUT2D eigenvalue weighted by molar-refractivity contribution is -0.0314. The summed E-state index contributed by atoms with van der Waals surface area (Å²) >= 11 is 5.78. The second-order valence-corrected chi connectivity index (χ2v) is 4.24. The Labute approximate surface area is 95.8 Å². The van der Waals surface area contributed by atoms with Gasteiger partial charge in [0, 0.05) is 6.61 Å². The highest BCUT2D eigenvalue weighted by molar-refractivity contribution is 6.20. The zero-order valence-electron chi connectivity index (χ0n) is 9.24. The first-order valence-corrected chi connectivity index (χ1v) is 5.68. The van der Waals surface area contributed by atoms with Crippen LogP contribution in [0.4, 0.5) is 0 Å². The third-order valence-corrected chi connectivity index (χ3v) is 2.44. The summed E-state index contributed by atoms with van der Waals surface area (Å²) in [5, 5.41) is 7.37. The molecule has 4 nitrogen and oxygen atoms in total. The van der Waals surface area contributed by atoms with Gasteiger partial charge in [-0.25, -0.2) is 0 Å². The average Bonchev–Trinajstić information content (AvgIpc) is 2.19. The summed E-state index contributed by atoms with van der Waals surface area (Å²) in [4.78, 5) is 5.93. The van der Waals surface area contributed by atoms with Gasteiger partial charge in [-0.05, 0) is 33.1 Å². The smallest absolute Gasteiger partial charge is 0.136 e. The van der Waals surface area contributed by atoms with Crippen LogP contribution >= 0.6 is 11.6 Å². The van der Waals surface area contributed by atoms with E-state index >= 15 is 0 Å². The van der Waals surface area contributed by atoms with E-state index in [2.05, 4.69) is 4.99 Å². The van der Waals surface area contributed by atoms with Gasteiger partial charge in [-0.2, -0.15) is 0 Å². The van der Waals surface area contributed by atoms with Crippen LogP contribution in [-0.4, -0.2) is 35.4 Å². The van der Waals surface area contributed by atoms with Crippen LogP contribution in [0, 0.1) is 5.41 Å². The molecule has 1 aliphatic heterocycles. The molecule has 2 atom stereocenters. The molecule has 86 valence electrons. The first kappa shape index (κ1) is 12.5. The molecular weight excluding hydrogens is 214 g/mol. The van der Waals surface area contributed by atoms with Gasteiger partial charge < -0.3 is 4.74 Å². The number of hydrogen-bond acceptors (Lipinski definition) is 3. The van der Waals surface area contributed by atoms with E-state index in [9.17, 15) is 0 Å². The summed E-state index contributed by atoms with van der Waals surface area (Å²) in [5.41, 5.74) is -0.268. The molecule has 0 radical (unpaired) electrons. The maximum absolute atomic E-state index is 7.37. The highest BCUT2D eigenvalue weighted by Crippen LogP contribution is 2.16. The summed E-state index contributed by atoms with van der Waals surface area (Å²) in [6.45, 7) is 4.41. The second kappa shape index (κ2) is 6.08. The summed E-state index contributed by atoms with van der Waals surface area (Å²) < 4.78 is 5.58. The van der Waals surface area contributed by atoms with Gasteiger partial charge in [-0.15, -0.1) is 0 Å². The van der Waals surface area contributed by atoms with Gasteiger partial charge in [0.25, 0.3) is 0 Å². The van der Waals surface area contributed by atoms with Gasteiger partial charge in [0.2, 0.25) is 0 Å². The standard InChI is InChI=1S/C10H18ClN3O/c1-8(11)13-9(2)14(7-12)10-5-3-4-6-15-10/h7-8,10,12H,3-6H2,1-2H3. The molecule has 5 heteroatoms. The Morgan fingerprint density at radius 3 is 2.87 bits per heavy atom. The summed E-state index contributed by atoms with van der Waals surface area (Å²) in [7, 11) is 0. The molecule has 1 rings (SSSR count). The zero-order valence-corrected chi connectivity index (χ0v) is 10.00. The minimum absolute atomic E-state index is 0.0459. The summed E-state index contributed by atoms with van der Waals surface area (Å²) in [5.74, 6) is 0.736. The molecule has 15 heavy (non-hydrogen) atoms. The Hall–Kier alpha value is -0.610. The normalized spacial score (nSPS) is 24.7. The Balaban J connectivity index is 2.64. The van der Waals surface area contributed by atoms with E-state index in [1.165, 1.54) is 6.34 Å². The van der Waals surface area contributed by atoms with Crippen LogP contribution in [0.5, 0.6) is 0 Å². The highest BCUT2D eigenvalue weighted by Gasteiger charge is 2.21. The molecule has 0 saturated carbocycles. The Bertz CT molecular complexity index is 237. The minimum atomic E-state index is -0.268. The first-order valence-electron chi connectivity index (χ1n) is 5.24. The van der Waals surface area contributed by atoms with Crippen LogP contribution in [0.15, 0.2) is 4.99 Å². The van der Waals surface area contributed by atoms with E-state index in [4.69, 9.17) is 21.7 Å². The van der Waals surface area contributed by atoms with Crippen molar-refractivity contribution < 1.29 is 4.74 Å². The monoisotopic (exact) mass is 231 g/mol. The quantitative estimate of drug-likeness (QED) is 0.351. The van der Waals surface area contributed by atoms with Gasteiger partial charge in [0.1, 0.15) is 17.6 Å². The van der Waals surface area contributed by atoms with Crippen molar-refractivity contribution in [1.82, 2.24) is 4.90 Å². The SMILES string of the molecule is CC(=NC(C)Cl)N(C=N)C1CCCCO1. The summed E-state index contributed by atoms with van der Waals surface area (Å²) in [6.07, 6.45) is 4.39. The van der Waals surface area contributed by atoms with Crippen LogP contribution in [0.1, 0.15) is 33.1 Å². The van der Waals surface area contributed by atoms with E-state index in [-0.39, 0.29) is 11.7 Å². The largest absolute Gasteiger partial charge is 0.358 e. The number of halogens is 1. The van der Waals surface area contributed by atoms with Crippen molar-refractivity contribution in [3.63, 3.8) is 0 Å². The van der Waals surface area contributed by atoms with Gasteiger partial charge in [0.15, 0.2) is 0 Å². The molecule has 1 N–H and O–H groups in total. The fourth-order valence-electron chi connectivity index (χ4n) is 1.65. The van der Waals surface area contributed by atoms with Gasteiger partial charge in [0.05, 0.1) is 6.34 Å². The van der Waals surface area contributed by atoms with Gasteiger partial charge in [-0.3, -0.25) is 15.3 Å². The van der Waals surface area contributed by atoms with Crippen molar-refractivity contribution in [3.05, 3.63) is 0 Å². The lowest BCUT2D eigenvalue weighted by Crippen LogP contribution is -2.41. The molecule has 1 fully saturated rings. The minimum Gasteiger partial charge on any atom is -0.358 e. The molecule has 0 aromatic rings. The maximum Gasteiger partial charge on any atom is 0.136 e. The lowest BCUT2D eigenvalue weighted by atomic mass is 10.2. The van der Waals surface area contributed by atoms with Crippen LogP contribution in [0.2, 0.25) is 0 Å². The second-order valence-electron chi connectivity index (χ2n) is 3.61. The fourth-order valence-corrected chi connectivity index (χ4v) is 1.79. The number of amidine groups is 1. The molecule has 1 saturated heterocycles. The number of ether oxygens (including phenoxy) is 1. The Morgan fingerprint density at radius 2 is 2.40 bits per heavy atom. The van der Waals surface area contributed by atoms with E-state index in [1.807, 2.05) is 6.92 Å². The molecule has 2 unspecified atom stereocenters. The summed E-state index contributed by atoms with van der Waals surface area (Å²) in [6, 6.07) is 0. The molecule has 0 aromatic carbocycles. The van der Waals surface area contributed by atoms with E-state index in [0.29, 0.717) is 0 Å². The molecule has 0 bridgehead atoms. The third-order valence-electron chi connectivity index (χ3n) is 2.34. The molecule has 1 aliphatic rings. The Kier molecular flexibility index (Phi) is 5.05. The molecular formula is C10H18ClN3O. The predicted molar refractivity (Wildman–Crippen MR) is 62.6 cm³/mol. The number of hydrogen-bond donors (Lipinski definition) is 1. The number of alkyl halides is 1. The molecule has 0 amide bonds. The predicted octanol–water partition coefficient (Wildman–Crippen LogP) is 2.43. The van der Waals surface area contributed by atoms with E-state index in [1.54, 1.807) is 11.8 Å². The van der Waals surface area contributed by atoms with Gasteiger partial charge >= 0.3 is 0 Å². The molecule has 0 aliphatic carbocycles. The Morgan fingerprint density at radius 1 is 1.67 bits per heavy atom. The van der Waals surface area contributed by atoms with Crippen LogP contribution in [-0.2, 0) is 4.74 Å². The topological polar surface area (TPSA) is 48.7 Å². The van der Waals surface area contributed by atoms with Crippen LogP contribution in [0.3, 0.4) is 0 Å². The first-order chi connectivity index (χ1) is 7.15. The van der Waals surface area contributed by atoms with Crippen LogP contribution in [0.25, 0.3) is 0 Å². The number of nitrogens with zero attached hydrogens (tertiary/aromatic N) is 2. The van der Waals surface area contributed by atoms with Crippen molar-refractivity contribution in [2.75, 3.05) is 6.61 Å². The van der Waals surface area contributed by atoms with E-state index in [0.717, 1.165) is 31.7 Å². The highest BCUT2D eigenvalue weighted by atomic mass is 35.5. The molecule has 1 heterocycles. The van der Waals surface area contributed by atoms with Gasteiger partial charge in [-0.1, -0.05) is 11.6 Å². The maximum atomic E-state index is 7.37. The van der Waals surface area contributed by atoms with Crippen molar-refractivity contribution in [2.24, 2.45) is 4.99 Å². The zero-order chi connectivity index (χ0) is 11.3. The third kappa shape index (κ3) is 3.80. The molecule has 0 spiro atoms. The number of aliphatic imine (C=N–C) groups is 1. The number of nitrogens with one attached hydrogen (secondary N) is 1. The van der Waals surface area contributed by atoms with Crippen molar-refractivity contribution in [1.29, 1.82) is 5.41 Å². The number of rotatable bonds is 3. The fraction of sp³-hybridized carbons (Fsp3) is 0.800.